The Labute approximate surface area is 86.2 Å². The van der Waals surface area contributed by atoms with Crippen LogP contribution in [0.5, 0.6) is 0 Å². The van der Waals surface area contributed by atoms with E-state index in [4.69, 9.17) is 0 Å². The van der Waals surface area contributed by atoms with Crippen LogP contribution < -0.4 is 0 Å². The maximum atomic E-state index is 13.5. The third-order valence-corrected chi connectivity index (χ3v) is 2.28. The Morgan fingerprint density at radius 3 is 2.50 bits per heavy atom. The number of rotatable bonds is 4. The van der Waals surface area contributed by atoms with Gasteiger partial charge in [0, 0.05) is 0 Å². The summed E-state index contributed by atoms with van der Waals surface area (Å²) < 4.78 is 13.5. The monoisotopic (exact) mass is 194 g/mol. The fourth-order valence-electron chi connectivity index (χ4n) is 1.64. The summed E-state index contributed by atoms with van der Waals surface area (Å²) in [6.07, 6.45) is 2.88. The van der Waals surface area contributed by atoms with Gasteiger partial charge in [-0.25, -0.2) is 4.39 Å². The lowest BCUT2D eigenvalue weighted by Crippen LogP contribution is -1.98. The van der Waals surface area contributed by atoms with E-state index < -0.39 is 0 Å². The molecule has 0 unspecified atom stereocenters. The van der Waals surface area contributed by atoms with Crippen molar-refractivity contribution in [3.63, 3.8) is 0 Å². The number of benzene rings is 1. The summed E-state index contributed by atoms with van der Waals surface area (Å²) in [6, 6.07) is 5.66. The van der Waals surface area contributed by atoms with Crippen LogP contribution in [0, 0.1) is 11.7 Å². The van der Waals surface area contributed by atoms with Crippen LogP contribution in [0.3, 0.4) is 0 Å². The average Bonchev–Trinajstić information content (AvgIpc) is 2.10. The van der Waals surface area contributed by atoms with Gasteiger partial charge in [-0.2, -0.15) is 0 Å². The van der Waals surface area contributed by atoms with Gasteiger partial charge in [-0.3, -0.25) is 0 Å². The average molecular weight is 194 g/mol. The van der Waals surface area contributed by atoms with Gasteiger partial charge in [0.15, 0.2) is 0 Å². The van der Waals surface area contributed by atoms with E-state index in [1.165, 1.54) is 0 Å². The molecule has 0 N–H and O–H groups in total. The molecule has 1 rings (SSSR count). The molecule has 0 heterocycles. The predicted octanol–water partition coefficient (Wildman–Crippen LogP) is 3.98. The van der Waals surface area contributed by atoms with Crippen molar-refractivity contribution < 1.29 is 4.39 Å². The smallest absolute Gasteiger partial charge is 0.126 e. The quantitative estimate of drug-likeness (QED) is 0.680. The highest BCUT2D eigenvalue weighted by atomic mass is 19.1. The van der Waals surface area contributed by atoms with Crippen molar-refractivity contribution in [3.8, 4) is 0 Å². The minimum Gasteiger partial charge on any atom is -0.207 e. The number of halogens is 1. The van der Waals surface area contributed by atoms with E-state index in [9.17, 15) is 4.39 Å². The van der Waals surface area contributed by atoms with Crippen molar-refractivity contribution in [2.75, 3.05) is 0 Å². The van der Waals surface area contributed by atoms with Crippen molar-refractivity contribution in [2.24, 2.45) is 5.92 Å². The number of aryl methyl sites for hydroxylation is 1. The zero-order valence-electron chi connectivity index (χ0n) is 9.31. The van der Waals surface area contributed by atoms with Gasteiger partial charge in [0.05, 0.1) is 0 Å². The Bertz CT molecular complexity index is 289. The van der Waals surface area contributed by atoms with E-state index in [0.29, 0.717) is 5.92 Å². The molecule has 0 spiro atoms. The fourth-order valence-corrected chi connectivity index (χ4v) is 1.64. The summed E-state index contributed by atoms with van der Waals surface area (Å²) in [5.41, 5.74) is 1.96. The highest BCUT2D eigenvalue weighted by Crippen LogP contribution is 2.15. The van der Waals surface area contributed by atoms with Gasteiger partial charge < -0.3 is 0 Å². The molecule has 78 valence electrons. The molecule has 0 atom stereocenters. The number of hydrogen-bond donors (Lipinski definition) is 0. The number of hydrogen-bond acceptors (Lipinski definition) is 0. The molecule has 0 aliphatic heterocycles. The van der Waals surface area contributed by atoms with E-state index in [2.05, 4.69) is 20.8 Å². The Morgan fingerprint density at radius 1 is 1.29 bits per heavy atom. The maximum Gasteiger partial charge on any atom is 0.126 e. The van der Waals surface area contributed by atoms with Crippen LogP contribution in [0.1, 0.15) is 38.3 Å². The van der Waals surface area contributed by atoms with Gasteiger partial charge in [0.25, 0.3) is 0 Å². The van der Waals surface area contributed by atoms with Gasteiger partial charge in [0.1, 0.15) is 5.82 Å². The normalized spacial score (nSPS) is 10.9. The third kappa shape index (κ3) is 3.13. The summed E-state index contributed by atoms with van der Waals surface area (Å²) in [5.74, 6) is 0.478. The molecular weight excluding hydrogens is 175 g/mol. The SMILES string of the molecule is CCCc1ccc(CC(C)C)c(F)c1. The van der Waals surface area contributed by atoms with E-state index >= 15 is 0 Å². The van der Waals surface area contributed by atoms with Gasteiger partial charge in [-0.15, -0.1) is 0 Å². The molecule has 0 amide bonds. The zero-order chi connectivity index (χ0) is 10.6. The Kier molecular flexibility index (Phi) is 4.12. The molecule has 1 aromatic carbocycles. The van der Waals surface area contributed by atoms with Crippen LogP contribution in [0.4, 0.5) is 4.39 Å². The molecule has 0 saturated heterocycles. The van der Waals surface area contributed by atoms with Gasteiger partial charge in [-0.1, -0.05) is 39.3 Å². The largest absolute Gasteiger partial charge is 0.207 e. The second kappa shape index (κ2) is 5.14. The Morgan fingerprint density at radius 2 is 2.00 bits per heavy atom. The molecule has 0 bridgehead atoms. The van der Waals surface area contributed by atoms with Crippen molar-refractivity contribution in [1.29, 1.82) is 0 Å². The van der Waals surface area contributed by atoms with Gasteiger partial charge >= 0.3 is 0 Å². The van der Waals surface area contributed by atoms with Crippen molar-refractivity contribution >= 4 is 0 Å². The van der Waals surface area contributed by atoms with E-state index in [-0.39, 0.29) is 5.82 Å². The first-order valence-electron chi connectivity index (χ1n) is 5.40. The van der Waals surface area contributed by atoms with Crippen LogP contribution >= 0.6 is 0 Å². The van der Waals surface area contributed by atoms with E-state index in [1.807, 2.05) is 12.1 Å². The van der Waals surface area contributed by atoms with Crippen LogP contribution in [-0.4, -0.2) is 0 Å². The van der Waals surface area contributed by atoms with E-state index in [1.54, 1.807) is 6.07 Å². The third-order valence-electron chi connectivity index (χ3n) is 2.28. The van der Waals surface area contributed by atoms with E-state index in [0.717, 1.165) is 30.4 Å². The molecule has 0 saturated carbocycles. The molecule has 0 aliphatic rings. The van der Waals surface area contributed by atoms with Crippen molar-refractivity contribution in [1.82, 2.24) is 0 Å². The summed E-state index contributed by atoms with van der Waals surface area (Å²) in [7, 11) is 0. The first kappa shape index (κ1) is 11.2. The first-order valence-corrected chi connectivity index (χ1v) is 5.40. The second-order valence-corrected chi connectivity index (χ2v) is 4.27. The van der Waals surface area contributed by atoms with Crippen LogP contribution in [0.15, 0.2) is 18.2 Å². The minimum absolute atomic E-state index is 0.0374. The standard InChI is InChI=1S/C13H19F/c1-4-5-11-6-7-12(8-10(2)3)13(14)9-11/h6-7,9-10H,4-5,8H2,1-3H3. The fraction of sp³-hybridized carbons (Fsp3) is 0.538. The van der Waals surface area contributed by atoms with Crippen LogP contribution in [0.2, 0.25) is 0 Å². The highest BCUT2D eigenvalue weighted by molar-refractivity contribution is 5.24. The highest BCUT2D eigenvalue weighted by Gasteiger charge is 2.05. The van der Waals surface area contributed by atoms with Crippen LogP contribution in [-0.2, 0) is 12.8 Å². The zero-order valence-corrected chi connectivity index (χ0v) is 9.31. The van der Waals surface area contributed by atoms with Crippen molar-refractivity contribution in [3.05, 3.63) is 35.1 Å². The molecular formula is C13H19F. The molecule has 14 heavy (non-hydrogen) atoms. The van der Waals surface area contributed by atoms with Gasteiger partial charge in [0.2, 0.25) is 0 Å². The first-order chi connectivity index (χ1) is 6.63. The Hall–Kier alpha value is -0.850. The summed E-state index contributed by atoms with van der Waals surface area (Å²) >= 11 is 0. The molecule has 0 fully saturated rings. The molecule has 1 heteroatoms. The molecule has 0 radical (unpaired) electrons. The van der Waals surface area contributed by atoms with Crippen molar-refractivity contribution in [2.45, 2.75) is 40.0 Å². The summed E-state index contributed by atoms with van der Waals surface area (Å²) in [5, 5.41) is 0. The van der Waals surface area contributed by atoms with Crippen LogP contribution in [0.25, 0.3) is 0 Å². The molecule has 0 aromatic heterocycles. The lowest BCUT2D eigenvalue weighted by Gasteiger charge is -2.07. The summed E-state index contributed by atoms with van der Waals surface area (Å²) in [4.78, 5) is 0. The topological polar surface area (TPSA) is 0 Å². The molecule has 1 aromatic rings. The molecule has 0 aliphatic carbocycles. The maximum absolute atomic E-state index is 13.5. The Balaban J connectivity index is 2.79. The summed E-state index contributed by atoms with van der Waals surface area (Å²) in [6.45, 7) is 6.33. The second-order valence-electron chi connectivity index (χ2n) is 4.27. The lowest BCUT2D eigenvalue weighted by atomic mass is 10.00. The lowest BCUT2D eigenvalue weighted by molar-refractivity contribution is 0.572. The molecule has 0 nitrogen and oxygen atoms in total. The van der Waals surface area contributed by atoms with Gasteiger partial charge in [-0.05, 0) is 36.0 Å². The minimum atomic E-state index is -0.0374. The predicted molar refractivity (Wildman–Crippen MR) is 58.9 cm³/mol.